The van der Waals surface area contributed by atoms with Gasteiger partial charge in [-0.3, -0.25) is 4.79 Å². The maximum absolute atomic E-state index is 12.8. The van der Waals surface area contributed by atoms with E-state index < -0.39 is 12.0 Å². The minimum atomic E-state index is -1.24. The van der Waals surface area contributed by atoms with Gasteiger partial charge in [-0.05, 0) is 56.2 Å². The van der Waals surface area contributed by atoms with Gasteiger partial charge >= 0.3 is 6.09 Å². The van der Waals surface area contributed by atoms with Gasteiger partial charge in [-0.1, -0.05) is 0 Å². The second-order valence-electron chi connectivity index (χ2n) is 7.10. The zero-order valence-corrected chi connectivity index (χ0v) is 17.4. The normalized spacial score (nSPS) is 10.7. The summed E-state index contributed by atoms with van der Waals surface area (Å²) < 4.78 is 0.864. The molecule has 10 heteroatoms. The lowest BCUT2D eigenvalue weighted by Gasteiger charge is -2.10. The first-order valence-electron chi connectivity index (χ1n) is 9.54. The first-order valence-corrected chi connectivity index (χ1v) is 9.54. The van der Waals surface area contributed by atoms with E-state index in [1.54, 1.807) is 51.2 Å². The minimum absolute atomic E-state index is 0.203. The van der Waals surface area contributed by atoms with Gasteiger partial charge in [-0.2, -0.15) is 15.0 Å². The molecule has 158 valence electrons. The van der Waals surface area contributed by atoms with E-state index in [0.29, 0.717) is 50.5 Å². The van der Waals surface area contributed by atoms with Crippen molar-refractivity contribution in [3.63, 3.8) is 0 Å². The number of nitrogens with one attached hydrogen (secondary N) is 1. The molecular formula is C22H17N7O3. The van der Waals surface area contributed by atoms with Gasteiger partial charge < -0.3 is 10.4 Å². The highest BCUT2D eigenvalue weighted by atomic mass is 16.4. The van der Waals surface area contributed by atoms with Crippen LogP contribution in [0.2, 0.25) is 0 Å². The number of pyridine rings is 1. The molecule has 0 atom stereocenters. The predicted molar refractivity (Wildman–Crippen MR) is 115 cm³/mol. The second kappa shape index (κ2) is 7.88. The van der Waals surface area contributed by atoms with Gasteiger partial charge in [0.15, 0.2) is 0 Å². The Morgan fingerprint density at radius 2 is 1.91 bits per heavy atom. The topological polar surface area (TPSA) is 147 Å². The van der Waals surface area contributed by atoms with Crippen LogP contribution >= 0.6 is 0 Å². The number of carboxylic acid groups (broad SMARTS) is 1. The molecule has 0 unspecified atom stereocenters. The Morgan fingerprint density at radius 1 is 1.12 bits per heavy atom. The molecule has 0 aliphatic carbocycles. The predicted octanol–water partition coefficient (Wildman–Crippen LogP) is 3.46. The Hall–Kier alpha value is -4.65. The van der Waals surface area contributed by atoms with E-state index in [0.717, 1.165) is 4.68 Å². The maximum Gasteiger partial charge on any atom is 0.432 e. The molecule has 1 amide bonds. The van der Waals surface area contributed by atoms with Gasteiger partial charge in [0.25, 0.3) is 5.91 Å². The highest BCUT2D eigenvalue weighted by molar-refractivity contribution is 6.06. The van der Waals surface area contributed by atoms with E-state index in [2.05, 4.69) is 25.4 Å². The zero-order chi connectivity index (χ0) is 23.0. The molecule has 2 N–H and O–H groups in total. The van der Waals surface area contributed by atoms with Crippen LogP contribution in [-0.4, -0.2) is 41.8 Å². The number of nitrogens with zero attached hydrogens (tertiary/aromatic N) is 6. The van der Waals surface area contributed by atoms with Crippen molar-refractivity contribution in [1.29, 1.82) is 5.26 Å². The fourth-order valence-corrected chi connectivity index (χ4v) is 3.35. The van der Waals surface area contributed by atoms with Crippen molar-refractivity contribution < 1.29 is 14.7 Å². The molecule has 3 aromatic heterocycles. The SMILES string of the molecule is Cc1nccc(-c2nn(C(=O)O)c3ccc(NC(=O)c4ncc(C#N)c(C)c4C)cc23)n1. The van der Waals surface area contributed by atoms with E-state index in [-0.39, 0.29) is 5.69 Å². The Labute approximate surface area is 182 Å². The smallest absolute Gasteiger partial charge is 0.432 e. The first-order chi connectivity index (χ1) is 15.3. The van der Waals surface area contributed by atoms with Crippen molar-refractivity contribution in [2.75, 3.05) is 5.32 Å². The van der Waals surface area contributed by atoms with Crippen LogP contribution in [0.3, 0.4) is 0 Å². The number of carbonyl (C=O) groups excluding carboxylic acids is 1. The van der Waals surface area contributed by atoms with Crippen LogP contribution in [0.15, 0.2) is 36.7 Å². The van der Waals surface area contributed by atoms with Crippen LogP contribution in [0.4, 0.5) is 10.5 Å². The third kappa shape index (κ3) is 3.52. The number of hydrogen-bond donors (Lipinski definition) is 2. The average Bonchev–Trinajstić information content (AvgIpc) is 3.14. The number of hydrogen-bond acceptors (Lipinski definition) is 7. The van der Waals surface area contributed by atoms with Crippen LogP contribution in [0, 0.1) is 32.1 Å². The number of benzene rings is 1. The van der Waals surface area contributed by atoms with Crippen LogP contribution in [0.25, 0.3) is 22.3 Å². The molecule has 0 saturated carbocycles. The first kappa shape index (κ1) is 20.6. The summed E-state index contributed by atoms with van der Waals surface area (Å²) >= 11 is 0. The number of aryl methyl sites for hydroxylation is 1. The van der Waals surface area contributed by atoms with Gasteiger partial charge in [0.2, 0.25) is 0 Å². The molecule has 0 radical (unpaired) electrons. The van der Waals surface area contributed by atoms with Gasteiger partial charge in [0, 0.05) is 23.5 Å². The second-order valence-corrected chi connectivity index (χ2v) is 7.10. The van der Waals surface area contributed by atoms with Gasteiger partial charge in [-0.25, -0.2) is 19.7 Å². The lowest BCUT2D eigenvalue weighted by molar-refractivity contribution is 0.102. The third-order valence-electron chi connectivity index (χ3n) is 5.12. The maximum atomic E-state index is 12.8. The third-order valence-corrected chi connectivity index (χ3v) is 5.12. The zero-order valence-electron chi connectivity index (χ0n) is 17.4. The number of rotatable bonds is 3. The Kier molecular flexibility index (Phi) is 5.08. The van der Waals surface area contributed by atoms with Crippen LogP contribution in [-0.2, 0) is 0 Å². The molecule has 3 heterocycles. The Morgan fingerprint density at radius 3 is 2.59 bits per heavy atom. The quantitative estimate of drug-likeness (QED) is 0.505. The van der Waals surface area contributed by atoms with E-state index >= 15 is 0 Å². The summed E-state index contributed by atoms with van der Waals surface area (Å²) in [5.41, 5.74) is 3.51. The molecule has 4 aromatic rings. The standard InChI is InChI=1S/C22H17N7O3/c1-11-12(2)19(25-10-14(11)9-23)21(30)27-15-4-5-18-16(8-15)20(28-29(18)22(31)32)17-6-7-24-13(3)26-17/h4-8,10H,1-3H3,(H,27,30)(H,31,32). The molecule has 0 fully saturated rings. The van der Waals surface area contributed by atoms with Crippen molar-refractivity contribution in [3.05, 3.63) is 64.9 Å². The molecule has 0 spiro atoms. The molecule has 4 rings (SSSR count). The summed E-state index contributed by atoms with van der Waals surface area (Å²) in [5.74, 6) is 0.0715. The highest BCUT2D eigenvalue weighted by Crippen LogP contribution is 2.29. The van der Waals surface area contributed by atoms with E-state index in [4.69, 9.17) is 5.26 Å². The van der Waals surface area contributed by atoms with Crippen molar-refractivity contribution in [3.8, 4) is 17.5 Å². The van der Waals surface area contributed by atoms with Gasteiger partial charge in [-0.15, -0.1) is 0 Å². The van der Waals surface area contributed by atoms with Crippen molar-refractivity contribution in [2.45, 2.75) is 20.8 Å². The molecule has 0 aliphatic rings. The monoisotopic (exact) mass is 427 g/mol. The van der Waals surface area contributed by atoms with Crippen LogP contribution in [0.5, 0.6) is 0 Å². The fourth-order valence-electron chi connectivity index (χ4n) is 3.35. The number of fused-ring (bicyclic) bond motifs is 1. The number of aromatic nitrogens is 5. The summed E-state index contributed by atoms with van der Waals surface area (Å²) in [6.45, 7) is 5.21. The van der Waals surface area contributed by atoms with E-state index in [1.165, 1.54) is 6.20 Å². The van der Waals surface area contributed by atoms with Crippen molar-refractivity contribution in [1.82, 2.24) is 24.7 Å². The number of anilines is 1. The molecule has 1 aromatic carbocycles. The Bertz CT molecular complexity index is 1450. The lowest BCUT2D eigenvalue weighted by atomic mass is 10.0. The van der Waals surface area contributed by atoms with E-state index in [9.17, 15) is 14.7 Å². The summed E-state index contributed by atoms with van der Waals surface area (Å²) in [5, 5.41) is 26.1. The summed E-state index contributed by atoms with van der Waals surface area (Å²) in [7, 11) is 0. The molecular weight excluding hydrogens is 410 g/mol. The fraction of sp³-hybridized carbons (Fsp3) is 0.136. The molecule has 10 nitrogen and oxygen atoms in total. The number of amides is 1. The van der Waals surface area contributed by atoms with Crippen LogP contribution < -0.4 is 5.32 Å². The van der Waals surface area contributed by atoms with Gasteiger partial charge in [0.05, 0.1) is 16.8 Å². The number of nitriles is 1. The molecule has 0 aliphatic heterocycles. The number of carbonyl (C=O) groups is 2. The summed E-state index contributed by atoms with van der Waals surface area (Å²) in [6.07, 6.45) is 1.69. The minimum Gasteiger partial charge on any atom is -0.463 e. The lowest BCUT2D eigenvalue weighted by Crippen LogP contribution is -2.16. The summed E-state index contributed by atoms with van der Waals surface area (Å²) in [6, 6.07) is 8.47. The molecule has 0 saturated heterocycles. The van der Waals surface area contributed by atoms with Crippen molar-refractivity contribution >= 4 is 28.6 Å². The van der Waals surface area contributed by atoms with E-state index in [1.807, 2.05) is 6.07 Å². The Balaban J connectivity index is 1.78. The largest absolute Gasteiger partial charge is 0.463 e. The highest BCUT2D eigenvalue weighted by Gasteiger charge is 2.19. The summed E-state index contributed by atoms with van der Waals surface area (Å²) in [4.78, 5) is 37.0. The van der Waals surface area contributed by atoms with Gasteiger partial charge in [0.1, 0.15) is 23.3 Å². The molecule has 32 heavy (non-hydrogen) atoms. The molecule has 0 bridgehead atoms. The van der Waals surface area contributed by atoms with Crippen molar-refractivity contribution in [2.24, 2.45) is 0 Å². The average molecular weight is 427 g/mol. The van der Waals surface area contributed by atoms with Crippen LogP contribution in [0.1, 0.15) is 33.0 Å².